The van der Waals surface area contributed by atoms with Gasteiger partial charge in [0.1, 0.15) is 0 Å². The molecule has 0 amide bonds. The van der Waals surface area contributed by atoms with E-state index < -0.39 is 5.97 Å². The molecule has 0 fully saturated rings. The number of hydrogen-bond acceptors (Lipinski definition) is 4. The van der Waals surface area contributed by atoms with Crippen LogP contribution in [-0.4, -0.2) is 20.9 Å². The van der Waals surface area contributed by atoms with Gasteiger partial charge in [-0.2, -0.15) is 0 Å². The quantitative estimate of drug-likeness (QED) is 0.779. The highest BCUT2D eigenvalue weighted by Gasteiger charge is 2.14. The van der Waals surface area contributed by atoms with Crippen LogP contribution in [0, 0.1) is 0 Å². The molecule has 0 aliphatic rings. The number of rotatable bonds is 3. The number of carbonyl (C=O) groups is 1. The van der Waals surface area contributed by atoms with E-state index >= 15 is 0 Å². The van der Waals surface area contributed by atoms with Crippen LogP contribution in [0.15, 0.2) is 66.7 Å². The van der Waals surface area contributed by atoms with Crippen molar-refractivity contribution in [2.45, 2.75) is 0 Å². The fourth-order valence-electron chi connectivity index (χ4n) is 2.06. The standard InChI is InChI=1S/C17H13NO4/c19-15-10-11-16(20)18(15)22-17(21)14-8-6-13(7-9-14)12-4-2-1-3-5-12/h1-11,19-20H. The van der Waals surface area contributed by atoms with E-state index in [-0.39, 0.29) is 11.8 Å². The SMILES string of the molecule is O=C(On1c(O)ccc1O)c1ccc(-c2ccccc2)cc1. The van der Waals surface area contributed by atoms with Gasteiger partial charge in [0, 0.05) is 12.1 Å². The van der Waals surface area contributed by atoms with Crippen LogP contribution in [0.25, 0.3) is 11.1 Å². The second-order valence-corrected chi connectivity index (χ2v) is 4.67. The van der Waals surface area contributed by atoms with Crippen molar-refractivity contribution in [2.75, 3.05) is 0 Å². The first-order valence-corrected chi connectivity index (χ1v) is 6.63. The van der Waals surface area contributed by atoms with E-state index in [0.717, 1.165) is 11.1 Å². The summed E-state index contributed by atoms with van der Waals surface area (Å²) in [6, 6.07) is 19.1. The summed E-state index contributed by atoms with van der Waals surface area (Å²) in [4.78, 5) is 16.9. The third-order valence-corrected chi connectivity index (χ3v) is 3.20. The highest BCUT2D eigenvalue weighted by Crippen LogP contribution is 2.21. The van der Waals surface area contributed by atoms with E-state index in [9.17, 15) is 15.0 Å². The molecule has 5 heteroatoms. The van der Waals surface area contributed by atoms with E-state index in [0.29, 0.717) is 10.3 Å². The van der Waals surface area contributed by atoms with Crippen molar-refractivity contribution >= 4 is 5.97 Å². The van der Waals surface area contributed by atoms with Crippen molar-refractivity contribution in [3.63, 3.8) is 0 Å². The fraction of sp³-hybridized carbons (Fsp3) is 0. The lowest BCUT2D eigenvalue weighted by Gasteiger charge is -2.07. The van der Waals surface area contributed by atoms with E-state index in [2.05, 4.69) is 0 Å². The van der Waals surface area contributed by atoms with Crippen LogP contribution in [-0.2, 0) is 0 Å². The molecule has 0 saturated heterocycles. The molecule has 0 atom stereocenters. The predicted molar refractivity (Wildman–Crippen MR) is 80.6 cm³/mol. The minimum atomic E-state index is -0.679. The summed E-state index contributed by atoms with van der Waals surface area (Å²) in [5.74, 6) is -1.39. The molecule has 0 radical (unpaired) electrons. The lowest BCUT2D eigenvalue weighted by atomic mass is 10.0. The minimum Gasteiger partial charge on any atom is -0.492 e. The number of hydrogen-bond donors (Lipinski definition) is 2. The number of aromatic hydroxyl groups is 2. The molecule has 2 N–H and O–H groups in total. The van der Waals surface area contributed by atoms with E-state index in [4.69, 9.17) is 4.84 Å². The van der Waals surface area contributed by atoms with Crippen LogP contribution in [0.3, 0.4) is 0 Å². The van der Waals surface area contributed by atoms with Gasteiger partial charge in [-0.1, -0.05) is 42.5 Å². The Balaban J connectivity index is 1.80. The van der Waals surface area contributed by atoms with Gasteiger partial charge >= 0.3 is 5.97 Å². The molecule has 110 valence electrons. The van der Waals surface area contributed by atoms with Gasteiger partial charge in [-0.05, 0) is 23.3 Å². The molecule has 0 saturated carbocycles. The summed E-state index contributed by atoms with van der Waals surface area (Å²) in [7, 11) is 0. The topological polar surface area (TPSA) is 71.7 Å². The maximum Gasteiger partial charge on any atom is 0.363 e. The third-order valence-electron chi connectivity index (χ3n) is 3.20. The van der Waals surface area contributed by atoms with Crippen molar-refractivity contribution in [2.24, 2.45) is 0 Å². The first-order chi connectivity index (χ1) is 10.6. The van der Waals surface area contributed by atoms with Crippen LogP contribution < -0.4 is 4.84 Å². The molecule has 3 rings (SSSR count). The van der Waals surface area contributed by atoms with Crippen molar-refractivity contribution in [3.05, 3.63) is 72.3 Å². The highest BCUT2D eigenvalue weighted by molar-refractivity contribution is 5.90. The van der Waals surface area contributed by atoms with Crippen LogP contribution in [0.5, 0.6) is 11.8 Å². The molecule has 0 aliphatic heterocycles. The zero-order chi connectivity index (χ0) is 15.5. The molecule has 2 aromatic carbocycles. The van der Waals surface area contributed by atoms with Crippen molar-refractivity contribution in [1.82, 2.24) is 4.73 Å². The molecular weight excluding hydrogens is 282 g/mol. The fourth-order valence-corrected chi connectivity index (χ4v) is 2.06. The average Bonchev–Trinajstić information content (AvgIpc) is 2.88. The average molecular weight is 295 g/mol. The summed E-state index contributed by atoms with van der Waals surface area (Å²) in [6.45, 7) is 0. The van der Waals surface area contributed by atoms with Gasteiger partial charge < -0.3 is 15.1 Å². The van der Waals surface area contributed by atoms with Crippen LogP contribution in [0.2, 0.25) is 0 Å². The lowest BCUT2D eigenvalue weighted by Crippen LogP contribution is -2.18. The Bertz CT molecular complexity index is 772. The zero-order valence-electron chi connectivity index (χ0n) is 11.5. The van der Waals surface area contributed by atoms with Crippen molar-refractivity contribution in [1.29, 1.82) is 0 Å². The largest absolute Gasteiger partial charge is 0.492 e. The van der Waals surface area contributed by atoms with Gasteiger partial charge in [0.05, 0.1) is 5.56 Å². The molecule has 0 unspecified atom stereocenters. The Hall–Kier alpha value is -3.21. The van der Waals surface area contributed by atoms with Crippen LogP contribution in [0.1, 0.15) is 10.4 Å². The van der Waals surface area contributed by atoms with Gasteiger partial charge in [0.2, 0.25) is 11.8 Å². The normalized spacial score (nSPS) is 10.4. The molecule has 0 spiro atoms. The van der Waals surface area contributed by atoms with Gasteiger partial charge in [0.15, 0.2) is 0 Å². The van der Waals surface area contributed by atoms with E-state index in [1.54, 1.807) is 24.3 Å². The van der Waals surface area contributed by atoms with Crippen molar-refractivity contribution < 1.29 is 19.8 Å². The number of benzene rings is 2. The van der Waals surface area contributed by atoms with E-state index in [1.807, 2.05) is 30.3 Å². The first kappa shape index (κ1) is 13.8. The Morgan fingerprint density at radius 2 is 1.32 bits per heavy atom. The Labute approximate surface area is 126 Å². The maximum absolute atomic E-state index is 12.0. The molecule has 3 aromatic rings. The molecule has 22 heavy (non-hydrogen) atoms. The zero-order valence-corrected chi connectivity index (χ0v) is 11.5. The molecule has 1 heterocycles. The molecular formula is C17H13NO4. The first-order valence-electron chi connectivity index (χ1n) is 6.63. The Morgan fingerprint density at radius 1 is 0.773 bits per heavy atom. The Kier molecular flexibility index (Phi) is 3.53. The summed E-state index contributed by atoms with van der Waals surface area (Å²) >= 11 is 0. The summed E-state index contributed by atoms with van der Waals surface area (Å²) in [6.07, 6.45) is 0. The number of nitrogens with zero attached hydrogens (tertiary/aromatic N) is 1. The summed E-state index contributed by atoms with van der Waals surface area (Å²) in [5.41, 5.74) is 2.33. The monoisotopic (exact) mass is 295 g/mol. The number of carbonyl (C=O) groups excluding carboxylic acids is 1. The van der Waals surface area contributed by atoms with E-state index in [1.165, 1.54) is 12.1 Å². The smallest absolute Gasteiger partial charge is 0.363 e. The molecule has 0 bridgehead atoms. The summed E-state index contributed by atoms with van der Waals surface area (Å²) < 4.78 is 0.660. The molecule has 0 aliphatic carbocycles. The predicted octanol–water partition coefficient (Wildman–Crippen LogP) is 2.84. The second kappa shape index (κ2) is 5.65. The van der Waals surface area contributed by atoms with Gasteiger partial charge in [-0.25, -0.2) is 4.79 Å². The molecule has 5 nitrogen and oxygen atoms in total. The van der Waals surface area contributed by atoms with Gasteiger partial charge in [-0.3, -0.25) is 0 Å². The van der Waals surface area contributed by atoms with Crippen LogP contribution in [0.4, 0.5) is 0 Å². The van der Waals surface area contributed by atoms with Crippen molar-refractivity contribution in [3.8, 4) is 22.9 Å². The lowest BCUT2D eigenvalue weighted by molar-refractivity contribution is 0.0382. The summed E-state index contributed by atoms with van der Waals surface area (Å²) in [5, 5.41) is 18.9. The van der Waals surface area contributed by atoms with Gasteiger partial charge in [-0.15, -0.1) is 4.73 Å². The van der Waals surface area contributed by atoms with Crippen LogP contribution >= 0.6 is 0 Å². The highest BCUT2D eigenvalue weighted by atomic mass is 16.7. The van der Waals surface area contributed by atoms with Gasteiger partial charge in [0.25, 0.3) is 0 Å². The number of aromatic nitrogens is 1. The molecule has 1 aromatic heterocycles. The minimum absolute atomic E-state index is 0.312. The third kappa shape index (κ3) is 2.64. The second-order valence-electron chi connectivity index (χ2n) is 4.67. The Morgan fingerprint density at radius 3 is 1.91 bits per heavy atom. The maximum atomic E-state index is 12.0.